The van der Waals surface area contributed by atoms with Crippen molar-refractivity contribution in [2.45, 2.75) is 30.7 Å². The topological polar surface area (TPSA) is 66.9 Å². The molecule has 4 rings (SSSR count). The average Bonchev–Trinajstić information content (AvgIpc) is 2.89. The molecule has 0 bridgehead atoms. The van der Waals surface area contributed by atoms with Crippen molar-refractivity contribution in [2.75, 3.05) is 26.7 Å². The van der Waals surface area contributed by atoms with Crippen LogP contribution >= 0.6 is 23.2 Å². The van der Waals surface area contributed by atoms with Crippen LogP contribution in [0.3, 0.4) is 0 Å². The van der Waals surface area contributed by atoms with Gasteiger partial charge < -0.3 is 9.64 Å². The Morgan fingerprint density at radius 1 is 1.00 bits per heavy atom. The zero-order valence-corrected chi connectivity index (χ0v) is 23.0. The fourth-order valence-electron chi connectivity index (χ4n) is 4.63. The van der Waals surface area contributed by atoms with Crippen LogP contribution in [-0.2, 0) is 21.4 Å². The van der Waals surface area contributed by atoms with E-state index >= 15 is 0 Å². The van der Waals surface area contributed by atoms with Gasteiger partial charge in [-0.2, -0.15) is 4.31 Å². The number of piperidine rings is 1. The number of hydrogen-bond donors (Lipinski definition) is 0. The van der Waals surface area contributed by atoms with Gasteiger partial charge in [-0.05, 0) is 60.9 Å². The average molecular weight is 562 g/mol. The molecule has 1 saturated heterocycles. The van der Waals surface area contributed by atoms with Gasteiger partial charge in [-0.25, -0.2) is 8.42 Å². The van der Waals surface area contributed by atoms with Gasteiger partial charge in [-0.3, -0.25) is 4.79 Å². The van der Waals surface area contributed by atoms with Gasteiger partial charge >= 0.3 is 0 Å². The number of rotatable bonds is 9. The van der Waals surface area contributed by atoms with Gasteiger partial charge in [0.25, 0.3) is 0 Å². The van der Waals surface area contributed by atoms with Crippen molar-refractivity contribution in [3.05, 3.63) is 94.5 Å². The molecule has 1 atom stereocenters. The number of carbonyl (C=O) groups is 1. The van der Waals surface area contributed by atoms with E-state index < -0.39 is 15.4 Å². The van der Waals surface area contributed by atoms with E-state index in [-0.39, 0.29) is 30.4 Å². The molecule has 1 fully saturated rings. The maximum Gasteiger partial charge on any atom is 0.243 e. The zero-order valence-electron chi connectivity index (χ0n) is 20.6. The molecular weight excluding hydrogens is 531 g/mol. The number of benzene rings is 3. The molecule has 0 aliphatic carbocycles. The van der Waals surface area contributed by atoms with Crippen LogP contribution in [0.25, 0.3) is 0 Å². The van der Waals surface area contributed by atoms with Gasteiger partial charge in [0.15, 0.2) is 0 Å². The molecule has 1 aliphatic heterocycles. The lowest BCUT2D eigenvalue weighted by Crippen LogP contribution is -2.50. The molecule has 196 valence electrons. The van der Waals surface area contributed by atoms with Crippen molar-refractivity contribution in [3.63, 3.8) is 0 Å². The molecule has 1 aliphatic rings. The molecule has 3 aromatic rings. The summed E-state index contributed by atoms with van der Waals surface area (Å²) >= 11 is 12.1. The van der Waals surface area contributed by atoms with Crippen molar-refractivity contribution in [1.82, 2.24) is 9.21 Å². The fraction of sp³-hybridized carbons (Fsp3) is 0.321. The Labute approximate surface area is 228 Å². The smallest absolute Gasteiger partial charge is 0.243 e. The second-order valence-electron chi connectivity index (χ2n) is 9.55. The highest BCUT2D eigenvalue weighted by molar-refractivity contribution is 7.89. The SMILES string of the molecule is CN(Cc1ccccc1)C(=O)CC1(COc2ccc(Cl)cc2)CCCN(S(=O)(=O)c2cccc(Cl)c2)C1. The summed E-state index contributed by atoms with van der Waals surface area (Å²) in [6, 6.07) is 23.0. The monoisotopic (exact) mass is 560 g/mol. The number of halogens is 2. The van der Waals surface area contributed by atoms with Gasteiger partial charge in [0.05, 0.1) is 11.5 Å². The molecule has 0 saturated carbocycles. The number of amides is 1. The molecule has 6 nitrogen and oxygen atoms in total. The third-order valence-electron chi connectivity index (χ3n) is 6.63. The van der Waals surface area contributed by atoms with Gasteiger partial charge in [0, 0.05) is 48.6 Å². The highest BCUT2D eigenvalue weighted by Gasteiger charge is 2.43. The lowest BCUT2D eigenvalue weighted by atomic mass is 9.78. The summed E-state index contributed by atoms with van der Waals surface area (Å²) in [5.74, 6) is 0.550. The van der Waals surface area contributed by atoms with Crippen molar-refractivity contribution in [3.8, 4) is 5.75 Å². The predicted octanol–water partition coefficient (Wildman–Crippen LogP) is 5.89. The minimum Gasteiger partial charge on any atom is -0.493 e. The van der Waals surface area contributed by atoms with Crippen LogP contribution in [0.1, 0.15) is 24.8 Å². The van der Waals surface area contributed by atoms with E-state index in [1.54, 1.807) is 54.4 Å². The molecule has 3 aromatic carbocycles. The number of ether oxygens (including phenoxy) is 1. The third kappa shape index (κ3) is 7.05. The molecule has 0 radical (unpaired) electrons. The Kier molecular flexibility index (Phi) is 8.80. The van der Waals surface area contributed by atoms with Crippen molar-refractivity contribution < 1.29 is 17.9 Å². The van der Waals surface area contributed by atoms with Crippen LogP contribution in [0.4, 0.5) is 0 Å². The van der Waals surface area contributed by atoms with Crippen LogP contribution < -0.4 is 4.74 Å². The van der Waals surface area contributed by atoms with E-state index in [9.17, 15) is 13.2 Å². The van der Waals surface area contributed by atoms with Crippen molar-refractivity contribution >= 4 is 39.1 Å². The van der Waals surface area contributed by atoms with Crippen LogP contribution in [0.5, 0.6) is 5.75 Å². The molecule has 1 amide bonds. The van der Waals surface area contributed by atoms with Crippen molar-refractivity contribution in [1.29, 1.82) is 0 Å². The summed E-state index contributed by atoms with van der Waals surface area (Å²) < 4.78 is 34.6. The summed E-state index contributed by atoms with van der Waals surface area (Å²) in [5.41, 5.74) is 0.324. The second-order valence-corrected chi connectivity index (χ2v) is 12.4. The quantitative estimate of drug-likeness (QED) is 0.327. The number of carbonyl (C=O) groups excluding carboxylic acids is 1. The van der Waals surface area contributed by atoms with E-state index in [1.165, 1.54) is 10.4 Å². The second kappa shape index (κ2) is 11.9. The van der Waals surface area contributed by atoms with Gasteiger partial charge in [0.1, 0.15) is 5.75 Å². The molecule has 1 heterocycles. The van der Waals surface area contributed by atoms with E-state index in [2.05, 4.69) is 0 Å². The lowest BCUT2D eigenvalue weighted by Gasteiger charge is -2.42. The molecule has 0 aromatic heterocycles. The summed E-state index contributed by atoms with van der Waals surface area (Å²) in [4.78, 5) is 15.2. The first-order chi connectivity index (χ1) is 17.7. The Bertz CT molecular complexity index is 1320. The summed E-state index contributed by atoms with van der Waals surface area (Å²) in [6.45, 7) is 1.20. The molecule has 37 heavy (non-hydrogen) atoms. The maximum atomic E-state index is 13.5. The standard InChI is InChI=1S/C28H30Cl2N2O4S/c1-31(19-22-7-3-2-4-8-22)27(33)18-28(21-36-25-13-11-23(29)12-14-25)15-6-16-32(20-28)37(34,35)26-10-5-9-24(30)17-26/h2-5,7-14,17H,6,15-16,18-21H2,1H3. The van der Waals surface area contributed by atoms with Gasteiger partial charge in [0.2, 0.25) is 15.9 Å². The molecular formula is C28H30Cl2N2O4S. The lowest BCUT2D eigenvalue weighted by molar-refractivity contribution is -0.134. The third-order valence-corrected chi connectivity index (χ3v) is 8.96. The Hall–Kier alpha value is -2.58. The van der Waals surface area contributed by atoms with Gasteiger partial charge in [-0.1, -0.05) is 59.6 Å². The highest BCUT2D eigenvalue weighted by Crippen LogP contribution is 2.37. The first-order valence-corrected chi connectivity index (χ1v) is 14.3. The number of sulfonamides is 1. The summed E-state index contributed by atoms with van der Waals surface area (Å²) in [6.07, 6.45) is 1.43. The normalized spacial score (nSPS) is 18.4. The zero-order chi connectivity index (χ0) is 26.5. The molecule has 0 N–H and O–H groups in total. The first-order valence-electron chi connectivity index (χ1n) is 12.1. The van der Waals surface area contributed by atoms with E-state index in [0.717, 1.165) is 5.56 Å². The Balaban J connectivity index is 1.57. The van der Waals surface area contributed by atoms with Crippen LogP contribution in [-0.4, -0.2) is 50.3 Å². The number of nitrogens with zero attached hydrogens (tertiary/aromatic N) is 2. The predicted molar refractivity (Wildman–Crippen MR) is 146 cm³/mol. The van der Waals surface area contributed by atoms with E-state index in [0.29, 0.717) is 41.7 Å². The Morgan fingerprint density at radius 3 is 2.43 bits per heavy atom. The van der Waals surface area contributed by atoms with Crippen LogP contribution in [0.15, 0.2) is 83.8 Å². The largest absolute Gasteiger partial charge is 0.493 e. The number of hydrogen-bond acceptors (Lipinski definition) is 4. The maximum absolute atomic E-state index is 13.5. The summed E-state index contributed by atoms with van der Waals surface area (Å²) in [7, 11) is -2.03. The van der Waals surface area contributed by atoms with Gasteiger partial charge in [-0.15, -0.1) is 0 Å². The van der Waals surface area contributed by atoms with E-state index in [1.807, 2.05) is 30.3 Å². The molecule has 9 heteroatoms. The summed E-state index contributed by atoms with van der Waals surface area (Å²) in [5, 5.41) is 0.948. The van der Waals surface area contributed by atoms with E-state index in [4.69, 9.17) is 27.9 Å². The Morgan fingerprint density at radius 2 is 1.73 bits per heavy atom. The van der Waals surface area contributed by atoms with Crippen LogP contribution in [0, 0.1) is 5.41 Å². The fourth-order valence-corrected chi connectivity index (χ4v) is 6.64. The first kappa shape index (κ1) is 27.5. The minimum atomic E-state index is -3.80. The minimum absolute atomic E-state index is 0.0643. The highest BCUT2D eigenvalue weighted by atomic mass is 35.5. The molecule has 1 unspecified atom stereocenters. The van der Waals surface area contributed by atoms with Crippen molar-refractivity contribution in [2.24, 2.45) is 5.41 Å². The molecule has 0 spiro atoms. The van der Waals surface area contributed by atoms with Crippen LogP contribution in [0.2, 0.25) is 10.0 Å².